The maximum absolute atomic E-state index is 13.9. The Morgan fingerprint density at radius 1 is 1.25 bits per heavy atom. The molecule has 2 rings (SSSR count). The third-order valence-corrected chi connectivity index (χ3v) is 3.85. The number of carbonyl (C=O) groups is 1. The highest BCUT2D eigenvalue weighted by molar-refractivity contribution is 9.10. The number of carboxylic acids is 1. The number of aliphatic carboxylic acids is 1. The molecule has 1 N–H and O–H groups in total. The van der Waals surface area contributed by atoms with Gasteiger partial charge in [0.25, 0.3) is 0 Å². The number of hydrogen-bond acceptors (Lipinski definition) is 1. The van der Waals surface area contributed by atoms with Gasteiger partial charge in [-0.25, -0.2) is 4.39 Å². The van der Waals surface area contributed by atoms with Crippen molar-refractivity contribution in [1.29, 1.82) is 0 Å². The maximum atomic E-state index is 13.9. The molecule has 0 bridgehead atoms. The van der Waals surface area contributed by atoms with E-state index >= 15 is 0 Å². The van der Waals surface area contributed by atoms with Crippen molar-refractivity contribution in [1.82, 2.24) is 0 Å². The molecule has 0 saturated heterocycles. The Labute approximate surface area is 129 Å². The Balaban J connectivity index is 2.33. The molecule has 0 heterocycles. The zero-order valence-electron chi connectivity index (χ0n) is 10.3. The molecule has 104 valence electrons. The molecule has 0 aromatic heterocycles. The second-order valence-electron chi connectivity index (χ2n) is 4.36. The van der Waals surface area contributed by atoms with Crippen LogP contribution in [0.1, 0.15) is 17.0 Å². The van der Waals surface area contributed by atoms with E-state index in [9.17, 15) is 14.3 Å². The summed E-state index contributed by atoms with van der Waals surface area (Å²) in [5.74, 6) is -2.36. The van der Waals surface area contributed by atoms with Crippen LogP contribution in [-0.4, -0.2) is 11.1 Å². The zero-order chi connectivity index (χ0) is 14.7. The molecule has 2 aromatic rings. The van der Waals surface area contributed by atoms with Crippen LogP contribution >= 0.6 is 27.5 Å². The van der Waals surface area contributed by atoms with Crippen LogP contribution < -0.4 is 0 Å². The summed E-state index contributed by atoms with van der Waals surface area (Å²) in [4.78, 5) is 11.4. The van der Waals surface area contributed by atoms with Crippen molar-refractivity contribution in [3.05, 3.63) is 68.9 Å². The predicted octanol–water partition coefficient (Wildman–Crippen LogP) is 4.65. The summed E-state index contributed by atoms with van der Waals surface area (Å²) in [6.07, 6.45) is 0.0589. The predicted molar refractivity (Wildman–Crippen MR) is 79.6 cm³/mol. The molecule has 1 unspecified atom stereocenters. The van der Waals surface area contributed by atoms with Gasteiger partial charge < -0.3 is 5.11 Å². The minimum Gasteiger partial charge on any atom is -0.481 e. The molecule has 0 radical (unpaired) electrons. The summed E-state index contributed by atoms with van der Waals surface area (Å²) in [5.41, 5.74) is 0.924. The number of benzene rings is 2. The molecule has 5 heteroatoms. The lowest BCUT2D eigenvalue weighted by Crippen LogP contribution is -2.15. The van der Waals surface area contributed by atoms with E-state index in [0.29, 0.717) is 11.1 Å². The van der Waals surface area contributed by atoms with E-state index in [1.807, 2.05) is 0 Å². The van der Waals surface area contributed by atoms with Crippen molar-refractivity contribution in [2.45, 2.75) is 12.3 Å². The smallest absolute Gasteiger partial charge is 0.311 e. The van der Waals surface area contributed by atoms with Crippen LogP contribution in [0.4, 0.5) is 4.39 Å². The molecule has 2 aromatic carbocycles. The van der Waals surface area contributed by atoms with Crippen molar-refractivity contribution in [2.24, 2.45) is 0 Å². The number of carboxylic acid groups (broad SMARTS) is 1. The van der Waals surface area contributed by atoms with Crippen LogP contribution in [-0.2, 0) is 11.2 Å². The van der Waals surface area contributed by atoms with Crippen LogP contribution in [0.15, 0.2) is 46.9 Å². The van der Waals surface area contributed by atoms with E-state index < -0.39 is 17.7 Å². The van der Waals surface area contributed by atoms with E-state index in [1.165, 1.54) is 6.07 Å². The first-order valence-corrected chi connectivity index (χ1v) is 7.07. The molecule has 0 amide bonds. The summed E-state index contributed by atoms with van der Waals surface area (Å²) in [6, 6.07) is 11.6. The largest absolute Gasteiger partial charge is 0.481 e. The number of halogens is 3. The molecule has 2 nitrogen and oxygen atoms in total. The van der Waals surface area contributed by atoms with Gasteiger partial charge in [-0.3, -0.25) is 4.79 Å². The lowest BCUT2D eigenvalue weighted by Gasteiger charge is -2.14. The minimum atomic E-state index is -0.994. The lowest BCUT2D eigenvalue weighted by atomic mass is 9.92. The molecular weight excluding hydrogens is 347 g/mol. The van der Waals surface area contributed by atoms with Crippen LogP contribution in [0.5, 0.6) is 0 Å². The standard InChI is InChI=1S/C15H11BrClFO2/c16-11-6-4-9(5-7-11)12(15(19)20)8-10-2-1-3-13(17)14(10)18/h1-7,12H,8H2,(H,19,20). The van der Waals surface area contributed by atoms with Crippen molar-refractivity contribution in [2.75, 3.05) is 0 Å². The van der Waals surface area contributed by atoms with Gasteiger partial charge in [0, 0.05) is 4.47 Å². The van der Waals surface area contributed by atoms with E-state index in [1.54, 1.807) is 36.4 Å². The van der Waals surface area contributed by atoms with Gasteiger partial charge in [-0.2, -0.15) is 0 Å². The minimum absolute atomic E-state index is 0.00226. The molecule has 0 fully saturated rings. The van der Waals surface area contributed by atoms with E-state index in [4.69, 9.17) is 11.6 Å². The fourth-order valence-corrected chi connectivity index (χ4v) is 2.43. The summed E-state index contributed by atoms with van der Waals surface area (Å²) >= 11 is 9.01. The van der Waals surface area contributed by atoms with Gasteiger partial charge in [-0.15, -0.1) is 0 Å². The van der Waals surface area contributed by atoms with Gasteiger partial charge in [0.05, 0.1) is 10.9 Å². The molecule has 0 spiro atoms. The van der Waals surface area contributed by atoms with Crippen LogP contribution in [0.25, 0.3) is 0 Å². The summed E-state index contributed by atoms with van der Waals surface area (Å²) in [7, 11) is 0. The van der Waals surface area contributed by atoms with Crippen LogP contribution in [0.2, 0.25) is 5.02 Å². The normalized spacial score (nSPS) is 12.2. The van der Waals surface area contributed by atoms with Crippen LogP contribution in [0.3, 0.4) is 0 Å². The van der Waals surface area contributed by atoms with Crippen LogP contribution in [0, 0.1) is 5.82 Å². The van der Waals surface area contributed by atoms with Crippen molar-refractivity contribution in [3.8, 4) is 0 Å². The van der Waals surface area contributed by atoms with Crippen molar-refractivity contribution < 1.29 is 14.3 Å². The third kappa shape index (κ3) is 3.38. The summed E-state index contributed by atoms with van der Waals surface area (Å²) in [6.45, 7) is 0. The van der Waals surface area contributed by atoms with Gasteiger partial charge in [0.15, 0.2) is 0 Å². The Morgan fingerprint density at radius 3 is 2.50 bits per heavy atom. The third-order valence-electron chi connectivity index (χ3n) is 3.03. The molecule has 0 aliphatic heterocycles. The number of rotatable bonds is 4. The summed E-state index contributed by atoms with van der Waals surface area (Å²) < 4.78 is 14.7. The second kappa shape index (κ2) is 6.37. The highest BCUT2D eigenvalue weighted by Gasteiger charge is 2.22. The molecule has 1 atom stereocenters. The Bertz CT molecular complexity index is 628. The lowest BCUT2D eigenvalue weighted by molar-refractivity contribution is -0.138. The van der Waals surface area contributed by atoms with Gasteiger partial charge in [0.1, 0.15) is 5.82 Å². The quantitative estimate of drug-likeness (QED) is 0.864. The van der Waals surface area contributed by atoms with Crippen molar-refractivity contribution in [3.63, 3.8) is 0 Å². The maximum Gasteiger partial charge on any atom is 0.311 e. The van der Waals surface area contributed by atoms with E-state index in [0.717, 1.165) is 4.47 Å². The zero-order valence-corrected chi connectivity index (χ0v) is 12.7. The van der Waals surface area contributed by atoms with Gasteiger partial charge in [-0.1, -0.05) is 51.8 Å². The Kier molecular flexibility index (Phi) is 4.78. The molecule has 0 aliphatic rings. The highest BCUT2D eigenvalue weighted by Crippen LogP contribution is 2.26. The monoisotopic (exact) mass is 356 g/mol. The molecule has 0 aliphatic carbocycles. The molecular formula is C15H11BrClFO2. The number of hydrogen-bond donors (Lipinski definition) is 1. The highest BCUT2D eigenvalue weighted by atomic mass is 79.9. The first kappa shape index (κ1) is 15.0. The van der Waals surface area contributed by atoms with Gasteiger partial charge in [-0.05, 0) is 35.7 Å². The average Bonchev–Trinajstić information content (AvgIpc) is 2.41. The van der Waals surface area contributed by atoms with E-state index in [-0.39, 0.29) is 11.4 Å². The molecule has 0 saturated carbocycles. The fraction of sp³-hybridized carbons (Fsp3) is 0.133. The van der Waals surface area contributed by atoms with E-state index in [2.05, 4.69) is 15.9 Å². The Morgan fingerprint density at radius 2 is 1.90 bits per heavy atom. The van der Waals surface area contributed by atoms with Crippen molar-refractivity contribution >= 4 is 33.5 Å². The first-order valence-electron chi connectivity index (χ1n) is 5.90. The second-order valence-corrected chi connectivity index (χ2v) is 5.68. The van der Waals surface area contributed by atoms with Gasteiger partial charge in [0.2, 0.25) is 0 Å². The first-order chi connectivity index (χ1) is 9.49. The Hall–Kier alpha value is -1.39. The topological polar surface area (TPSA) is 37.3 Å². The average molecular weight is 358 g/mol. The fourth-order valence-electron chi connectivity index (χ4n) is 1.97. The van der Waals surface area contributed by atoms with Gasteiger partial charge >= 0.3 is 5.97 Å². The SMILES string of the molecule is O=C(O)C(Cc1cccc(Cl)c1F)c1ccc(Br)cc1. The molecule has 20 heavy (non-hydrogen) atoms. The summed E-state index contributed by atoms with van der Waals surface area (Å²) in [5, 5.41) is 9.35.